The second-order valence-electron chi connectivity index (χ2n) is 5.59. The maximum absolute atomic E-state index is 4.42. The molecule has 0 atom stereocenters. The first-order valence-corrected chi connectivity index (χ1v) is 11.1. The Kier molecular flexibility index (Phi) is 5.22. The monoisotopic (exact) mass is 287 g/mol. The van der Waals surface area contributed by atoms with Crippen LogP contribution in [-0.2, 0) is 6.42 Å². The fraction of sp³-hybridized carbons (Fsp3) is 0.312. The van der Waals surface area contributed by atoms with Crippen molar-refractivity contribution in [2.45, 2.75) is 30.5 Å². The van der Waals surface area contributed by atoms with E-state index in [0.29, 0.717) is 0 Å². The number of nitrogens with zero attached hydrogens (tertiary/aromatic N) is 1. The molecule has 0 amide bonds. The molecule has 19 heavy (non-hydrogen) atoms. The van der Waals surface area contributed by atoms with E-state index in [1.165, 1.54) is 22.0 Å². The number of hydrogen-bond acceptors (Lipinski definition) is 2. The summed E-state index contributed by atoms with van der Waals surface area (Å²) in [7, 11) is -1.15. The first kappa shape index (κ1) is 14.3. The summed E-state index contributed by atoms with van der Waals surface area (Å²) in [6.07, 6.45) is 3.01. The van der Waals surface area contributed by atoms with E-state index in [1.807, 2.05) is 24.0 Å². The lowest BCUT2D eigenvalue weighted by molar-refractivity contribution is 1.01. The molecule has 1 aromatic carbocycles. The highest BCUT2D eigenvalue weighted by atomic mass is 32.2. The fourth-order valence-corrected chi connectivity index (χ4v) is 5.97. The second-order valence-corrected chi connectivity index (χ2v) is 12.3. The standard InChI is InChI=1S/C16H21NSSi/c1-19(2,13-11-15-8-6-7-12-17-15)14-18-16-9-4-3-5-10-16/h3-10,12H,11,13-14H2,1-2H3. The lowest BCUT2D eigenvalue weighted by atomic mass is 10.3. The van der Waals surface area contributed by atoms with Gasteiger partial charge in [-0.3, -0.25) is 4.98 Å². The van der Waals surface area contributed by atoms with E-state index in [1.54, 1.807) is 0 Å². The van der Waals surface area contributed by atoms with Gasteiger partial charge in [0.05, 0.1) is 8.07 Å². The number of aromatic nitrogens is 1. The van der Waals surface area contributed by atoms with Gasteiger partial charge in [-0.15, -0.1) is 11.8 Å². The molecule has 0 aliphatic carbocycles. The summed E-state index contributed by atoms with van der Waals surface area (Å²) >= 11 is 2.00. The van der Waals surface area contributed by atoms with Gasteiger partial charge in [-0.1, -0.05) is 43.4 Å². The molecular weight excluding hydrogens is 266 g/mol. The van der Waals surface area contributed by atoms with Crippen molar-refractivity contribution in [1.29, 1.82) is 0 Å². The molecule has 1 aromatic heterocycles. The second kappa shape index (κ2) is 6.92. The zero-order valence-corrected chi connectivity index (χ0v) is 13.5. The summed E-state index contributed by atoms with van der Waals surface area (Å²) in [4.78, 5) is 5.81. The van der Waals surface area contributed by atoms with Gasteiger partial charge in [-0.2, -0.15) is 0 Å². The smallest absolute Gasteiger partial charge is 0.0587 e. The van der Waals surface area contributed by atoms with Gasteiger partial charge in [0, 0.05) is 16.8 Å². The van der Waals surface area contributed by atoms with Crippen LogP contribution in [0.4, 0.5) is 0 Å². The first-order chi connectivity index (χ1) is 9.16. The van der Waals surface area contributed by atoms with Gasteiger partial charge in [0.2, 0.25) is 0 Å². The van der Waals surface area contributed by atoms with Crippen molar-refractivity contribution in [2.75, 3.05) is 5.38 Å². The highest BCUT2D eigenvalue weighted by Crippen LogP contribution is 2.24. The summed E-state index contributed by atoms with van der Waals surface area (Å²) in [6.45, 7) is 4.96. The highest BCUT2D eigenvalue weighted by molar-refractivity contribution is 8.01. The largest absolute Gasteiger partial charge is 0.261 e. The molecule has 1 nitrogen and oxygen atoms in total. The van der Waals surface area contributed by atoms with Crippen LogP contribution < -0.4 is 0 Å². The van der Waals surface area contributed by atoms with Crippen molar-refractivity contribution < 1.29 is 0 Å². The topological polar surface area (TPSA) is 12.9 Å². The van der Waals surface area contributed by atoms with Gasteiger partial charge >= 0.3 is 0 Å². The predicted octanol–water partition coefficient (Wildman–Crippen LogP) is 4.66. The van der Waals surface area contributed by atoms with E-state index in [4.69, 9.17) is 0 Å². The van der Waals surface area contributed by atoms with E-state index in [-0.39, 0.29) is 0 Å². The molecule has 0 aliphatic heterocycles. The van der Waals surface area contributed by atoms with Gasteiger partial charge < -0.3 is 0 Å². The van der Waals surface area contributed by atoms with Crippen LogP contribution in [0.2, 0.25) is 19.1 Å². The minimum absolute atomic E-state index is 1.12. The van der Waals surface area contributed by atoms with Crippen LogP contribution in [0.5, 0.6) is 0 Å². The number of aryl methyl sites for hydroxylation is 1. The molecule has 0 aliphatic rings. The van der Waals surface area contributed by atoms with Gasteiger partial charge in [0.25, 0.3) is 0 Å². The Labute approximate surface area is 121 Å². The summed E-state index contributed by atoms with van der Waals surface area (Å²) in [6, 6.07) is 18.2. The number of benzene rings is 1. The van der Waals surface area contributed by atoms with Crippen molar-refractivity contribution in [2.24, 2.45) is 0 Å². The Balaban J connectivity index is 1.82. The van der Waals surface area contributed by atoms with Crippen molar-refractivity contribution in [3.05, 3.63) is 60.4 Å². The molecule has 0 saturated carbocycles. The lowest BCUT2D eigenvalue weighted by Gasteiger charge is -2.21. The molecule has 0 unspecified atom stereocenters. The van der Waals surface area contributed by atoms with Crippen LogP contribution in [0.1, 0.15) is 5.69 Å². The van der Waals surface area contributed by atoms with Gasteiger partial charge in [0.1, 0.15) is 0 Å². The maximum atomic E-state index is 4.42. The van der Waals surface area contributed by atoms with Crippen LogP contribution in [-0.4, -0.2) is 18.4 Å². The van der Waals surface area contributed by atoms with Crippen molar-refractivity contribution in [1.82, 2.24) is 4.98 Å². The van der Waals surface area contributed by atoms with Crippen LogP contribution in [0.25, 0.3) is 0 Å². The minimum Gasteiger partial charge on any atom is -0.261 e. The molecule has 0 bridgehead atoms. The Morgan fingerprint density at radius 1 is 1.00 bits per heavy atom. The van der Waals surface area contributed by atoms with Crippen molar-refractivity contribution in [3.8, 4) is 0 Å². The Hall–Kier alpha value is -1.06. The zero-order valence-electron chi connectivity index (χ0n) is 11.7. The first-order valence-electron chi connectivity index (χ1n) is 6.73. The third kappa shape index (κ3) is 5.21. The van der Waals surface area contributed by atoms with Gasteiger partial charge in [-0.05, 0) is 36.1 Å². The average molecular weight is 288 g/mol. The van der Waals surface area contributed by atoms with Gasteiger partial charge in [0.15, 0.2) is 0 Å². The SMILES string of the molecule is C[Si](C)(CCc1ccccn1)CSc1ccccc1. The average Bonchev–Trinajstić information content (AvgIpc) is 2.46. The minimum atomic E-state index is -1.15. The third-order valence-corrected chi connectivity index (χ3v) is 9.07. The summed E-state index contributed by atoms with van der Waals surface area (Å²) < 4.78 is 0. The lowest BCUT2D eigenvalue weighted by Crippen LogP contribution is -2.30. The fourth-order valence-electron chi connectivity index (χ4n) is 1.88. The van der Waals surface area contributed by atoms with E-state index in [0.717, 1.165) is 6.42 Å². The van der Waals surface area contributed by atoms with E-state index >= 15 is 0 Å². The molecule has 0 saturated heterocycles. The van der Waals surface area contributed by atoms with Crippen LogP contribution in [0, 0.1) is 0 Å². The number of rotatable bonds is 6. The number of hydrogen-bond donors (Lipinski definition) is 0. The summed E-state index contributed by atoms with van der Waals surface area (Å²) in [5, 5.41) is 1.28. The Morgan fingerprint density at radius 3 is 2.42 bits per heavy atom. The third-order valence-electron chi connectivity index (χ3n) is 3.16. The number of thioether (sulfide) groups is 1. The molecule has 0 N–H and O–H groups in total. The number of pyridine rings is 1. The Morgan fingerprint density at radius 2 is 1.74 bits per heavy atom. The van der Waals surface area contributed by atoms with Crippen LogP contribution in [0.3, 0.4) is 0 Å². The molecule has 2 aromatic rings. The van der Waals surface area contributed by atoms with E-state index in [9.17, 15) is 0 Å². The molecule has 3 heteroatoms. The van der Waals surface area contributed by atoms with E-state index < -0.39 is 8.07 Å². The van der Waals surface area contributed by atoms with E-state index in [2.05, 4.69) is 60.5 Å². The van der Waals surface area contributed by atoms with Crippen LogP contribution >= 0.6 is 11.8 Å². The molecule has 1 heterocycles. The predicted molar refractivity (Wildman–Crippen MR) is 87.4 cm³/mol. The highest BCUT2D eigenvalue weighted by Gasteiger charge is 2.20. The summed E-state index contributed by atoms with van der Waals surface area (Å²) in [5.41, 5.74) is 1.23. The summed E-state index contributed by atoms with van der Waals surface area (Å²) in [5.74, 6) is 0. The molecule has 2 rings (SSSR count). The molecule has 100 valence electrons. The normalized spacial score (nSPS) is 11.5. The Bertz CT molecular complexity index is 439. The van der Waals surface area contributed by atoms with Crippen molar-refractivity contribution in [3.63, 3.8) is 0 Å². The maximum Gasteiger partial charge on any atom is 0.0587 e. The van der Waals surface area contributed by atoms with Gasteiger partial charge in [-0.25, -0.2) is 0 Å². The molecule has 0 radical (unpaired) electrons. The molecule has 0 fully saturated rings. The molecular formula is C16H21NSSi. The van der Waals surface area contributed by atoms with Crippen molar-refractivity contribution >= 4 is 19.8 Å². The zero-order chi connectivity index (χ0) is 13.6. The molecule has 0 spiro atoms. The quantitative estimate of drug-likeness (QED) is 0.566. The van der Waals surface area contributed by atoms with Crippen LogP contribution in [0.15, 0.2) is 59.6 Å².